The SMILES string of the molecule is COC1CC1c1ccc(F)cc1. The van der Waals surface area contributed by atoms with E-state index >= 15 is 0 Å². The van der Waals surface area contributed by atoms with Gasteiger partial charge >= 0.3 is 0 Å². The highest BCUT2D eigenvalue weighted by atomic mass is 19.1. The van der Waals surface area contributed by atoms with E-state index in [2.05, 4.69) is 0 Å². The molecular formula is C10H11FO. The van der Waals surface area contributed by atoms with Gasteiger partial charge in [-0.15, -0.1) is 0 Å². The zero-order valence-corrected chi connectivity index (χ0v) is 6.96. The standard InChI is InChI=1S/C10H11FO/c1-12-10-6-9(10)7-2-4-8(11)5-3-7/h2-5,9-10H,6H2,1H3. The highest BCUT2D eigenvalue weighted by molar-refractivity contribution is 5.26. The first kappa shape index (κ1) is 7.74. The first-order valence-corrected chi connectivity index (χ1v) is 4.09. The summed E-state index contributed by atoms with van der Waals surface area (Å²) in [4.78, 5) is 0. The number of benzene rings is 1. The van der Waals surface area contributed by atoms with Gasteiger partial charge in [-0.3, -0.25) is 0 Å². The van der Waals surface area contributed by atoms with E-state index < -0.39 is 0 Å². The second kappa shape index (κ2) is 2.87. The Morgan fingerprint density at radius 3 is 2.50 bits per heavy atom. The fourth-order valence-electron chi connectivity index (χ4n) is 1.49. The average Bonchev–Trinajstić information content (AvgIpc) is 2.85. The van der Waals surface area contributed by atoms with E-state index in [0.29, 0.717) is 12.0 Å². The van der Waals surface area contributed by atoms with Crippen LogP contribution in [0.3, 0.4) is 0 Å². The Labute approximate surface area is 71.2 Å². The summed E-state index contributed by atoms with van der Waals surface area (Å²) in [6.45, 7) is 0. The Kier molecular flexibility index (Phi) is 1.85. The van der Waals surface area contributed by atoms with Gasteiger partial charge in [0.05, 0.1) is 6.10 Å². The molecule has 0 spiro atoms. The third-order valence-electron chi connectivity index (χ3n) is 2.33. The highest BCUT2D eigenvalue weighted by Crippen LogP contribution is 2.42. The van der Waals surface area contributed by atoms with Crippen molar-refractivity contribution in [2.24, 2.45) is 0 Å². The average molecular weight is 166 g/mol. The lowest BCUT2D eigenvalue weighted by molar-refractivity contribution is 0.178. The maximum atomic E-state index is 12.5. The fourth-order valence-corrected chi connectivity index (χ4v) is 1.49. The number of hydrogen-bond donors (Lipinski definition) is 0. The van der Waals surface area contributed by atoms with Crippen molar-refractivity contribution in [2.75, 3.05) is 7.11 Å². The molecule has 0 amide bonds. The molecule has 0 radical (unpaired) electrons. The highest BCUT2D eigenvalue weighted by Gasteiger charge is 2.38. The summed E-state index contributed by atoms with van der Waals surface area (Å²) in [5.74, 6) is 0.323. The van der Waals surface area contributed by atoms with Crippen molar-refractivity contribution in [3.63, 3.8) is 0 Å². The molecule has 1 nitrogen and oxygen atoms in total. The zero-order chi connectivity index (χ0) is 8.55. The summed E-state index contributed by atoms with van der Waals surface area (Å²) in [5, 5.41) is 0. The molecule has 0 bridgehead atoms. The predicted molar refractivity (Wildman–Crippen MR) is 44.6 cm³/mol. The lowest BCUT2D eigenvalue weighted by atomic mass is 10.1. The molecule has 0 heterocycles. The Balaban J connectivity index is 2.10. The first-order chi connectivity index (χ1) is 5.81. The van der Waals surface area contributed by atoms with Gasteiger partial charge in [0.2, 0.25) is 0 Å². The van der Waals surface area contributed by atoms with Gasteiger partial charge in [0.1, 0.15) is 5.82 Å². The van der Waals surface area contributed by atoms with Crippen LogP contribution in [0.5, 0.6) is 0 Å². The largest absolute Gasteiger partial charge is 0.381 e. The molecule has 1 saturated carbocycles. The summed E-state index contributed by atoms with van der Waals surface area (Å²) in [5.41, 5.74) is 1.18. The van der Waals surface area contributed by atoms with E-state index in [0.717, 1.165) is 6.42 Å². The van der Waals surface area contributed by atoms with Crippen LogP contribution < -0.4 is 0 Å². The van der Waals surface area contributed by atoms with Crippen molar-refractivity contribution in [3.05, 3.63) is 35.6 Å². The Morgan fingerprint density at radius 1 is 1.33 bits per heavy atom. The lowest BCUT2D eigenvalue weighted by Gasteiger charge is -1.98. The Morgan fingerprint density at radius 2 is 2.00 bits per heavy atom. The van der Waals surface area contributed by atoms with Gasteiger partial charge < -0.3 is 4.74 Å². The van der Waals surface area contributed by atoms with Crippen LogP contribution in [0.2, 0.25) is 0 Å². The normalized spacial score (nSPS) is 27.2. The van der Waals surface area contributed by atoms with E-state index in [1.165, 1.54) is 17.7 Å². The van der Waals surface area contributed by atoms with Gasteiger partial charge in [-0.05, 0) is 24.1 Å². The molecule has 2 unspecified atom stereocenters. The maximum Gasteiger partial charge on any atom is 0.123 e. The van der Waals surface area contributed by atoms with Gasteiger partial charge in [-0.2, -0.15) is 0 Å². The molecule has 2 rings (SSSR count). The second-order valence-corrected chi connectivity index (χ2v) is 3.17. The monoisotopic (exact) mass is 166 g/mol. The van der Waals surface area contributed by atoms with Crippen molar-refractivity contribution in [3.8, 4) is 0 Å². The number of methoxy groups -OCH3 is 1. The molecule has 1 aromatic carbocycles. The molecule has 2 atom stereocenters. The van der Waals surface area contributed by atoms with Crippen LogP contribution >= 0.6 is 0 Å². The molecule has 12 heavy (non-hydrogen) atoms. The van der Waals surface area contributed by atoms with Crippen molar-refractivity contribution >= 4 is 0 Å². The van der Waals surface area contributed by atoms with E-state index in [1.54, 1.807) is 7.11 Å². The van der Waals surface area contributed by atoms with Crippen LogP contribution in [0.25, 0.3) is 0 Å². The summed E-state index contributed by atoms with van der Waals surface area (Å²) >= 11 is 0. The quantitative estimate of drug-likeness (QED) is 0.655. The molecule has 1 aliphatic carbocycles. The molecule has 2 heteroatoms. The van der Waals surface area contributed by atoms with Crippen LogP contribution in [0, 0.1) is 5.82 Å². The number of halogens is 1. The van der Waals surface area contributed by atoms with Gasteiger partial charge in [0.25, 0.3) is 0 Å². The van der Waals surface area contributed by atoms with Crippen LogP contribution in [0.15, 0.2) is 24.3 Å². The fraction of sp³-hybridized carbons (Fsp3) is 0.400. The zero-order valence-electron chi connectivity index (χ0n) is 6.96. The number of ether oxygens (including phenoxy) is 1. The molecule has 1 fully saturated rings. The van der Waals surface area contributed by atoms with Crippen LogP contribution in [-0.2, 0) is 4.74 Å². The van der Waals surface area contributed by atoms with Crippen molar-refractivity contribution in [1.82, 2.24) is 0 Å². The molecule has 0 saturated heterocycles. The molecule has 1 aromatic rings. The van der Waals surface area contributed by atoms with Crippen LogP contribution in [0.1, 0.15) is 17.9 Å². The van der Waals surface area contributed by atoms with Gasteiger partial charge in [0, 0.05) is 13.0 Å². The minimum Gasteiger partial charge on any atom is -0.381 e. The molecule has 0 aliphatic heterocycles. The third-order valence-corrected chi connectivity index (χ3v) is 2.33. The first-order valence-electron chi connectivity index (χ1n) is 4.09. The summed E-state index contributed by atoms with van der Waals surface area (Å²) in [6, 6.07) is 6.67. The lowest BCUT2D eigenvalue weighted by Crippen LogP contribution is -1.90. The van der Waals surface area contributed by atoms with E-state index in [4.69, 9.17) is 4.74 Å². The van der Waals surface area contributed by atoms with Crippen LogP contribution in [-0.4, -0.2) is 13.2 Å². The molecule has 0 N–H and O–H groups in total. The minimum absolute atomic E-state index is 0.173. The predicted octanol–water partition coefficient (Wildman–Crippen LogP) is 2.33. The Hall–Kier alpha value is -0.890. The molecular weight excluding hydrogens is 155 g/mol. The van der Waals surface area contributed by atoms with Gasteiger partial charge in [0.15, 0.2) is 0 Å². The summed E-state index contributed by atoms with van der Waals surface area (Å²) in [7, 11) is 1.72. The van der Waals surface area contributed by atoms with Crippen molar-refractivity contribution in [1.29, 1.82) is 0 Å². The van der Waals surface area contributed by atoms with Crippen molar-refractivity contribution < 1.29 is 9.13 Å². The van der Waals surface area contributed by atoms with E-state index in [1.807, 2.05) is 12.1 Å². The van der Waals surface area contributed by atoms with E-state index in [-0.39, 0.29) is 5.82 Å². The molecule has 64 valence electrons. The second-order valence-electron chi connectivity index (χ2n) is 3.17. The van der Waals surface area contributed by atoms with E-state index in [9.17, 15) is 4.39 Å². The Bertz CT molecular complexity index is 268. The summed E-state index contributed by atoms with van der Waals surface area (Å²) in [6.07, 6.45) is 1.43. The minimum atomic E-state index is -0.173. The number of hydrogen-bond acceptors (Lipinski definition) is 1. The molecule has 1 aliphatic rings. The third kappa shape index (κ3) is 1.34. The van der Waals surface area contributed by atoms with Gasteiger partial charge in [-0.25, -0.2) is 4.39 Å². The van der Waals surface area contributed by atoms with Crippen LogP contribution in [0.4, 0.5) is 4.39 Å². The number of rotatable bonds is 2. The topological polar surface area (TPSA) is 9.23 Å². The van der Waals surface area contributed by atoms with Crippen molar-refractivity contribution in [2.45, 2.75) is 18.4 Å². The smallest absolute Gasteiger partial charge is 0.123 e. The summed E-state index contributed by atoms with van der Waals surface area (Å²) < 4.78 is 17.7. The van der Waals surface area contributed by atoms with Gasteiger partial charge in [-0.1, -0.05) is 12.1 Å². The maximum absolute atomic E-state index is 12.5. The molecule has 0 aromatic heterocycles.